The Morgan fingerprint density at radius 3 is 2.65 bits per heavy atom. The SMILES string of the molecule is COc1ccc(CNc2ncnc3scc(-c4ccc(Br)cc4)c23)cn1. The van der Waals surface area contributed by atoms with E-state index in [0.717, 1.165) is 37.2 Å². The average molecular weight is 427 g/mol. The van der Waals surface area contributed by atoms with Crippen LogP contribution in [0.2, 0.25) is 0 Å². The average Bonchev–Trinajstić information content (AvgIpc) is 3.12. The highest BCUT2D eigenvalue weighted by Crippen LogP contribution is 2.36. The van der Waals surface area contributed by atoms with Crippen LogP contribution in [0.3, 0.4) is 0 Å². The molecule has 5 nitrogen and oxygen atoms in total. The highest BCUT2D eigenvalue weighted by molar-refractivity contribution is 9.10. The number of benzene rings is 1. The van der Waals surface area contributed by atoms with Gasteiger partial charge in [0.05, 0.1) is 12.5 Å². The van der Waals surface area contributed by atoms with E-state index in [1.807, 2.05) is 24.3 Å². The van der Waals surface area contributed by atoms with Crippen LogP contribution in [0.25, 0.3) is 21.3 Å². The van der Waals surface area contributed by atoms with Gasteiger partial charge in [-0.15, -0.1) is 11.3 Å². The Labute approximate surface area is 163 Å². The molecule has 0 bridgehead atoms. The number of hydrogen-bond donors (Lipinski definition) is 1. The van der Waals surface area contributed by atoms with Gasteiger partial charge < -0.3 is 10.1 Å². The van der Waals surface area contributed by atoms with E-state index in [4.69, 9.17) is 4.74 Å². The molecule has 0 aliphatic carbocycles. The van der Waals surface area contributed by atoms with E-state index in [-0.39, 0.29) is 0 Å². The largest absolute Gasteiger partial charge is 0.481 e. The minimum Gasteiger partial charge on any atom is -0.481 e. The van der Waals surface area contributed by atoms with Gasteiger partial charge in [-0.25, -0.2) is 15.0 Å². The van der Waals surface area contributed by atoms with Crippen molar-refractivity contribution in [1.82, 2.24) is 15.0 Å². The molecule has 3 aromatic heterocycles. The first-order chi connectivity index (χ1) is 12.7. The third-order valence-electron chi connectivity index (χ3n) is 3.99. The van der Waals surface area contributed by atoms with Crippen molar-refractivity contribution < 1.29 is 4.74 Å². The van der Waals surface area contributed by atoms with Crippen molar-refractivity contribution in [3.63, 3.8) is 0 Å². The summed E-state index contributed by atoms with van der Waals surface area (Å²) in [6.45, 7) is 0.624. The van der Waals surface area contributed by atoms with Crippen molar-refractivity contribution >= 4 is 43.3 Å². The van der Waals surface area contributed by atoms with E-state index in [1.54, 1.807) is 31.0 Å². The molecular formula is C19H15BrN4OS. The molecule has 4 rings (SSSR count). The third-order valence-corrected chi connectivity index (χ3v) is 5.41. The summed E-state index contributed by atoms with van der Waals surface area (Å²) in [4.78, 5) is 14.1. The van der Waals surface area contributed by atoms with Gasteiger partial charge >= 0.3 is 0 Å². The number of anilines is 1. The maximum Gasteiger partial charge on any atom is 0.212 e. The van der Waals surface area contributed by atoms with E-state index < -0.39 is 0 Å². The van der Waals surface area contributed by atoms with Gasteiger partial charge in [0.15, 0.2) is 0 Å². The zero-order valence-electron chi connectivity index (χ0n) is 13.9. The normalized spacial score (nSPS) is 10.8. The predicted octanol–water partition coefficient (Wildman–Crippen LogP) is 5.14. The molecule has 0 aliphatic rings. The van der Waals surface area contributed by atoms with Crippen LogP contribution in [0.5, 0.6) is 5.88 Å². The van der Waals surface area contributed by atoms with Crippen molar-refractivity contribution in [2.75, 3.05) is 12.4 Å². The van der Waals surface area contributed by atoms with Crippen LogP contribution in [0.1, 0.15) is 5.56 Å². The summed E-state index contributed by atoms with van der Waals surface area (Å²) in [5.74, 6) is 1.43. The lowest BCUT2D eigenvalue weighted by Crippen LogP contribution is -2.03. The fourth-order valence-corrected chi connectivity index (χ4v) is 3.85. The molecule has 0 atom stereocenters. The summed E-state index contributed by atoms with van der Waals surface area (Å²) in [5.41, 5.74) is 3.33. The van der Waals surface area contributed by atoms with Crippen LogP contribution in [0.4, 0.5) is 5.82 Å². The molecule has 3 heterocycles. The first-order valence-corrected chi connectivity index (χ1v) is 9.63. The van der Waals surface area contributed by atoms with Gasteiger partial charge in [0.1, 0.15) is 17.0 Å². The van der Waals surface area contributed by atoms with Gasteiger partial charge in [0, 0.05) is 34.2 Å². The monoisotopic (exact) mass is 426 g/mol. The van der Waals surface area contributed by atoms with Crippen molar-refractivity contribution in [3.05, 3.63) is 64.3 Å². The molecule has 0 saturated heterocycles. The van der Waals surface area contributed by atoms with E-state index in [0.29, 0.717) is 12.4 Å². The number of thiophene rings is 1. The Morgan fingerprint density at radius 1 is 1.08 bits per heavy atom. The number of ether oxygens (including phenoxy) is 1. The Hall–Kier alpha value is -2.51. The lowest BCUT2D eigenvalue weighted by atomic mass is 10.1. The van der Waals surface area contributed by atoms with Gasteiger partial charge in [0.2, 0.25) is 5.88 Å². The fourth-order valence-electron chi connectivity index (χ4n) is 2.67. The summed E-state index contributed by atoms with van der Waals surface area (Å²) in [5, 5.41) is 6.59. The molecule has 0 unspecified atom stereocenters. The van der Waals surface area contributed by atoms with Gasteiger partial charge in [0.25, 0.3) is 0 Å². The topological polar surface area (TPSA) is 59.9 Å². The second-order valence-electron chi connectivity index (χ2n) is 5.62. The van der Waals surface area contributed by atoms with Crippen molar-refractivity contribution in [1.29, 1.82) is 0 Å². The highest BCUT2D eigenvalue weighted by Gasteiger charge is 2.13. The van der Waals surface area contributed by atoms with Crippen LogP contribution >= 0.6 is 27.3 Å². The lowest BCUT2D eigenvalue weighted by molar-refractivity contribution is 0.397. The van der Waals surface area contributed by atoms with Crippen LogP contribution in [0.15, 0.2) is 58.8 Å². The number of hydrogen-bond acceptors (Lipinski definition) is 6. The van der Waals surface area contributed by atoms with Crippen molar-refractivity contribution in [2.24, 2.45) is 0 Å². The second kappa shape index (κ2) is 7.39. The Morgan fingerprint density at radius 2 is 1.92 bits per heavy atom. The quantitative estimate of drug-likeness (QED) is 0.478. The molecule has 0 radical (unpaired) electrons. The molecule has 0 saturated carbocycles. The highest BCUT2D eigenvalue weighted by atomic mass is 79.9. The van der Waals surface area contributed by atoms with Crippen molar-refractivity contribution in [3.8, 4) is 17.0 Å². The number of halogens is 1. The number of fused-ring (bicyclic) bond motifs is 1. The van der Waals surface area contributed by atoms with Crippen LogP contribution < -0.4 is 10.1 Å². The summed E-state index contributed by atoms with van der Waals surface area (Å²) < 4.78 is 6.16. The Balaban J connectivity index is 1.66. The molecule has 26 heavy (non-hydrogen) atoms. The number of nitrogens with zero attached hydrogens (tertiary/aromatic N) is 3. The standard InChI is InChI=1S/C19H15BrN4OS/c1-25-16-7-2-12(8-21-16)9-22-18-17-15(10-26-19(17)24-11-23-18)13-3-5-14(20)6-4-13/h2-8,10-11H,9H2,1H3,(H,22,23,24). The zero-order chi connectivity index (χ0) is 17.9. The minimum absolute atomic E-state index is 0.605. The molecule has 1 N–H and O–H groups in total. The van der Waals surface area contributed by atoms with E-state index >= 15 is 0 Å². The summed E-state index contributed by atoms with van der Waals surface area (Å²) in [7, 11) is 1.61. The molecule has 0 spiro atoms. The van der Waals surface area contributed by atoms with Crippen LogP contribution in [-0.2, 0) is 6.54 Å². The molecule has 1 aromatic carbocycles. The zero-order valence-corrected chi connectivity index (χ0v) is 16.3. The van der Waals surface area contributed by atoms with E-state index in [9.17, 15) is 0 Å². The van der Waals surface area contributed by atoms with E-state index in [2.05, 4.69) is 53.7 Å². The molecule has 0 amide bonds. The van der Waals surface area contributed by atoms with Gasteiger partial charge in [-0.05, 0) is 23.3 Å². The lowest BCUT2D eigenvalue weighted by Gasteiger charge is -2.09. The Kier molecular flexibility index (Phi) is 4.81. The predicted molar refractivity (Wildman–Crippen MR) is 109 cm³/mol. The number of rotatable bonds is 5. The maximum absolute atomic E-state index is 5.10. The van der Waals surface area contributed by atoms with Gasteiger partial charge in [-0.3, -0.25) is 0 Å². The van der Waals surface area contributed by atoms with E-state index in [1.165, 1.54) is 0 Å². The van der Waals surface area contributed by atoms with Crippen molar-refractivity contribution in [2.45, 2.75) is 6.54 Å². The van der Waals surface area contributed by atoms with Gasteiger partial charge in [-0.1, -0.05) is 34.1 Å². The summed E-state index contributed by atoms with van der Waals surface area (Å²) in [6, 6.07) is 12.1. The van der Waals surface area contributed by atoms with Crippen LogP contribution in [-0.4, -0.2) is 22.1 Å². The fraction of sp³-hybridized carbons (Fsp3) is 0.105. The minimum atomic E-state index is 0.605. The Bertz CT molecular complexity index is 1030. The summed E-state index contributed by atoms with van der Waals surface area (Å²) >= 11 is 5.11. The number of pyridine rings is 1. The van der Waals surface area contributed by atoms with Crippen LogP contribution in [0, 0.1) is 0 Å². The molecule has 130 valence electrons. The number of nitrogens with one attached hydrogen (secondary N) is 1. The second-order valence-corrected chi connectivity index (χ2v) is 7.39. The maximum atomic E-state index is 5.10. The smallest absolute Gasteiger partial charge is 0.212 e. The third kappa shape index (κ3) is 3.40. The first kappa shape index (κ1) is 16.9. The van der Waals surface area contributed by atoms with Gasteiger partial charge in [-0.2, -0.15) is 0 Å². The summed E-state index contributed by atoms with van der Waals surface area (Å²) in [6.07, 6.45) is 3.40. The first-order valence-electron chi connectivity index (χ1n) is 7.95. The molecule has 4 aromatic rings. The number of methoxy groups -OCH3 is 1. The number of aromatic nitrogens is 3. The molecular weight excluding hydrogens is 412 g/mol. The molecule has 7 heteroatoms. The molecule has 0 aliphatic heterocycles. The molecule has 0 fully saturated rings.